The highest BCUT2D eigenvalue weighted by molar-refractivity contribution is 8.03. The van der Waals surface area contributed by atoms with Gasteiger partial charge in [-0.05, 0) is 11.6 Å². The van der Waals surface area contributed by atoms with Gasteiger partial charge in [-0.25, -0.2) is 0 Å². The van der Waals surface area contributed by atoms with Gasteiger partial charge < -0.3 is 5.73 Å². The van der Waals surface area contributed by atoms with Crippen LogP contribution in [0.3, 0.4) is 0 Å². The van der Waals surface area contributed by atoms with Crippen molar-refractivity contribution in [2.75, 3.05) is 5.75 Å². The molecule has 1 heterocycles. The number of hydrogen-bond acceptors (Lipinski definition) is 6. The lowest BCUT2D eigenvalue weighted by molar-refractivity contribution is -0.115. The fourth-order valence-corrected chi connectivity index (χ4v) is 4.25. The average Bonchev–Trinajstić information content (AvgIpc) is 2.83. The lowest BCUT2D eigenvalue weighted by Gasteiger charge is -2.00. The molecule has 0 atom stereocenters. The molecule has 1 aromatic carbocycles. The Bertz CT molecular complexity index is 576. The van der Waals surface area contributed by atoms with E-state index in [1.165, 1.54) is 23.1 Å². The van der Waals surface area contributed by atoms with Crippen molar-refractivity contribution in [1.82, 2.24) is 10.2 Å². The number of rotatable bonds is 6. The van der Waals surface area contributed by atoms with Gasteiger partial charge >= 0.3 is 0 Å². The van der Waals surface area contributed by atoms with E-state index in [0.717, 1.165) is 25.0 Å². The topological polar surface area (TPSA) is 68.9 Å². The van der Waals surface area contributed by atoms with Gasteiger partial charge in [0.05, 0.1) is 5.75 Å². The van der Waals surface area contributed by atoms with Crippen LogP contribution in [0.2, 0.25) is 5.02 Å². The Balaban J connectivity index is 1.90. The third-order valence-electron chi connectivity index (χ3n) is 2.03. The van der Waals surface area contributed by atoms with E-state index < -0.39 is 0 Å². The summed E-state index contributed by atoms with van der Waals surface area (Å²) >= 11 is 10.4. The lowest BCUT2D eigenvalue weighted by atomic mass is 10.2. The molecular weight excluding hydrogens is 322 g/mol. The van der Waals surface area contributed by atoms with Crippen molar-refractivity contribution in [3.8, 4) is 0 Å². The highest BCUT2D eigenvalue weighted by atomic mass is 35.5. The van der Waals surface area contributed by atoms with Gasteiger partial charge in [-0.15, -0.1) is 10.2 Å². The van der Waals surface area contributed by atoms with Gasteiger partial charge in [0, 0.05) is 10.8 Å². The van der Waals surface area contributed by atoms with E-state index in [9.17, 15) is 4.79 Å². The summed E-state index contributed by atoms with van der Waals surface area (Å²) in [6.07, 6.45) is 0. The Morgan fingerprint density at radius 3 is 2.63 bits per heavy atom. The lowest BCUT2D eigenvalue weighted by Crippen LogP contribution is -2.12. The molecule has 0 fully saturated rings. The van der Waals surface area contributed by atoms with Crippen molar-refractivity contribution in [2.24, 2.45) is 5.73 Å². The Hall–Kier alpha value is -0.760. The predicted molar refractivity (Wildman–Crippen MR) is 80.8 cm³/mol. The minimum absolute atomic E-state index is 0.226. The number of nitrogens with zero attached hydrogens (tertiary/aromatic N) is 2. The van der Waals surface area contributed by atoms with E-state index in [-0.39, 0.29) is 11.7 Å². The molecule has 0 aliphatic carbocycles. The van der Waals surface area contributed by atoms with Crippen LogP contribution in [0.4, 0.5) is 0 Å². The van der Waals surface area contributed by atoms with Gasteiger partial charge in [-0.3, -0.25) is 4.79 Å². The summed E-state index contributed by atoms with van der Waals surface area (Å²) in [6.45, 7) is 0. The summed E-state index contributed by atoms with van der Waals surface area (Å²) in [5.41, 5.74) is 6.14. The van der Waals surface area contributed by atoms with E-state index in [2.05, 4.69) is 10.2 Å². The molecule has 0 spiro atoms. The minimum Gasteiger partial charge on any atom is -0.369 e. The first-order valence-electron chi connectivity index (χ1n) is 5.26. The smallest absolute Gasteiger partial charge is 0.227 e. The third-order valence-corrected chi connectivity index (χ3v) is 5.66. The summed E-state index contributed by atoms with van der Waals surface area (Å²) in [5, 5.41) is 8.80. The van der Waals surface area contributed by atoms with Crippen molar-refractivity contribution in [3.05, 3.63) is 34.9 Å². The number of hydrogen-bond donors (Lipinski definition) is 1. The molecule has 19 heavy (non-hydrogen) atoms. The first-order valence-corrected chi connectivity index (χ1v) is 8.42. The zero-order chi connectivity index (χ0) is 13.7. The number of thioether (sulfide) groups is 2. The van der Waals surface area contributed by atoms with Gasteiger partial charge in [0.15, 0.2) is 8.68 Å². The molecule has 0 saturated heterocycles. The monoisotopic (exact) mass is 331 g/mol. The molecule has 0 saturated carbocycles. The summed E-state index contributed by atoms with van der Waals surface area (Å²) in [4.78, 5) is 10.7. The van der Waals surface area contributed by atoms with Crippen LogP contribution in [0.5, 0.6) is 0 Å². The van der Waals surface area contributed by atoms with Crippen LogP contribution in [-0.2, 0) is 10.5 Å². The van der Waals surface area contributed by atoms with Crippen LogP contribution in [0, 0.1) is 0 Å². The molecule has 8 heteroatoms. The number of amides is 1. The predicted octanol–water partition coefficient (Wildman–Crippen LogP) is 3.06. The summed E-state index contributed by atoms with van der Waals surface area (Å²) < 4.78 is 1.60. The SMILES string of the molecule is NC(=O)CSc1nnc(SCc2ccccc2Cl)s1. The van der Waals surface area contributed by atoms with Crippen LogP contribution >= 0.6 is 46.5 Å². The molecule has 1 aromatic heterocycles. The van der Waals surface area contributed by atoms with Crippen LogP contribution in [-0.4, -0.2) is 21.9 Å². The maximum atomic E-state index is 10.7. The molecule has 2 rings (SSSR count). The highest BCUT2D eigenvalue weighted by Gasteiger charge is 2.08. The molecule has 0 bridgehead atoms. The Labute approximate surface area is 128 Å². The Morgan fingerprint density at radius 2 is 1.95 bits per heavy atom. The number of halogens is 1. The molecule has 100 valence electrons. The van der Waals surface area contributed by atoms with Gasteiger partial charge in [0.1, 0.15) is 0 Å². The minimum atomic E-state index is -0.356. The molecule has 0 unspecified atom stereocenters. The second kappa shape index (κ2) is 7.14. The summed E-state index contributed by atoms with van der Waals surface area (Å²) in [7, 11) is 0. The standard InChI is InChI=1S/C11H10ClN3OS3/c12-8-4-2-1-3-7(8)5-17-10-14-15-11(19-10)18-6-9(13)16/h1-4H,5-6H2,(H2,13,16). The maximum absolute atomic E-state index is 10.7. The van der Waals surface area contributed by atoms with Crippen molar-refractivity contribution < 1.29 is 4.79 Å². The van der Waals surface area contributed by atoms with Gasteiger partial charge in [-0.1, -0.05) is 64.7 Å². The zero-order valence-electron chi connectivity index (χ0n) is 9.71. The molecular formula is C11H10ClN3OS3. The summed E-state index contributed by atoms with van der Waals surface area (Å²) in [6, 6.07) is 7.71. The normalized spacial score (nSPS) is 10.6. The average molecular weight is 332 g/mol. The maximum Gasteiger partial charge on any atom is 0.227 e. The van der Waals surface area contributed by atoms with Gasteiger partial charge in [0.25, 0.3) is 0 Å². The molecule has 2 N–H and O–H groups in total. The molecule has 4 nitrogen and oxygen atoms in total. The van der Waals surface area contributed by atoms with E-state index in [0.29, 0.717) is 0 Å². The number of nitrogens with two attached hydrogens (primary N) is 1. The first-order chi connectivity index (χ1) is 9.15. The van der Waals surface area contributed by atoms with E-state index in [1.807, 2.05) is 24.3 Å². The van der Waals surface area contributed by atoms with Crippen molar-refractivity contribution >= 4 is 52.4 Å². The second-order valence-electron chi connectivity index (χ2n) is 3.47. The van der Waals surface area contributed by atoms with E-state index >= 15 is 0 Å². The molecule has 2 aromatic rings. The third kappa shape index (κ3) is 4.68. The van der Waals surface area contributed by atoms with Crippen molar-refractivity contribution in [2.45, 2.75) is 14.4 Å². The number of carbonyl (C=O) groups excluding carboxylic acids is 1. The number of primary amides is 1. The molecule has 0 radical (unpaired) electrons. The van der Waals surface area contributed by atoms with Crippen LogP contribution in [0.15, 0.2) is 32.9 Å². The zero-order valence-corrected chi connectivity index (χ0v) is 12.9. The van der Waals surface area contributed by atoms with Crippen LogP contribution < -0.4 is 5.73 Å². The molecule has 0 aliphatic heterocycles. The quantitative estimate of drug-likeness (QED) is 0.824. The fourth-order valence-electron chi connectivity index (χ4n) is 1.20. The Kier molecular flexibility index (Phi) is 5.50. The highest BCUT2D eigenvalue weighted by Crippen LogP contribution is 2.31. The Morgan fingerprint density at radius 1 is 1.26 bits per heavy atom. The second-order valence-corrected chi connectivity index (χ2v) is 7.30. The van der Waals surface area contributed by atoms with Crippen LogP contribution in [0.1, 0.15) is 5.56 Å². The van der Waals surface area contributed by atoms with Crippen LogP contribution in [0.25, 0.3) is 0 Å². The number of carbonyl (C=O) groups is 1. The fraction of sp³-hybridized carbons (Fsp3) is 0.182. The first kappa shape index (κ1) is 14.6. The largest absolute Gasteiger partial charge is 0.369 e. The van der Waals surface area contributed by atoms with Crippen molar-refractivity contribution in [1.29, 1.82) is 0 Å². The van der Waals surface area contributed by atoms with E-state index in [4.69, 9.17) is 17.3 Å². The number of aromatic nitrogens is 2. The van der Waals surface area contributed by atoms with E-state index in [1.54, 1.807) is 11.8 Å². The van der Waals surface area contributed by atoms with Gasteiger partial charge in [-0.2, -0.15) is 0 Å². The van der Waals surface area contributed by atoms with Gasteiger partial charge in [0.2, 0.25) is 5.91 Å². The number of benzene rings is 1. The molecule has 1 amide bonds. The summed E-state index contributed by atoms with van der Waals surface area (Å²) in [5.74, 6) is 0.615. The molecule has 0 aliphatic rings. The van der Waals surface area contributed by atoms with Crippen molar-refractivity contribution in [3.63, 3.8) is 0 Å².